The molecule has 5 nitrogen and oxygen atoms in total. The first-order valence-electron chi connectivity index (χ1n) is 5.89. The smallest absolute Gasteiger partial charge is 0.407 e. The molecule has 0 radical (unpaired) electrons. The minimum absolute atomic E-state index is 0.0650. The van der Waals surface area contributed by atoms with Crippen molar-refractivity contribution in [2.75, 3.05) is 14.2 Å². The van der Waals surface area contributed by atoms with Crippen molar-refractivity contribution in [1.82, 2.24) is 5.32 Å². The number of carbonyl (C=O) groups is 1. The van der Waals surface area contributed by atoms with E-state index < -0.39 is 21.0 Å². The van der Waals surface area contributed by atoms with Crippen molar-refractivity contribution in [2.45, 2.75) is 51.8 Å². The van der Waals surface area contributed by atoms with Crippen molar-refractivity contribution < 1.29 is 18.4 Å². The van der Waals surface area contributed by atoms with Crippen LogP contribution in [-0.4, -0.2) is 40.9 Å². The van der Waals surface area contributed by atoms with Gasteiger partial charge in [-0.3, -0.25) is 0 Å². The first-order chi connectivity index (χ1) is 7.84. The number of hydrogen-bond acceptors (Lipinski definition) is 4. The molecule has 0 rings (SSSR count). The zero-order valence-corrected chi connectivity index (χ0v) is 12.9. The second-order valence-corrected chi connectivity index (χ2v) is 7.37. The summed E-state index contributed by atoms with van der Waals surface area (Å²) < 4.78 is 15.8. The van der Waals surface area contributed by atoms with E-state index in [2.05, 4.69) is 12.2 Å². The summed E-state index contributed by atoms with van der Waals surface area (Å²) in [5.41, 5.74) is -0.553. The fourth-order valence-corrected chi connectivity index (χ4v) is 3.20. The second kappa shape index (κ2) is 7.68. The average molecular weight is 263 g/mol. The lowest BCUT2D eigenvalue weighted by molar-refractivity contribution is 0.0507. The fraction of sp³-hybridized carbons (Fsp3) is 0.909. The van der Waals surface area contributed by atoms with Gasteiger partial charge in [-0.15, -0.1) is 0 Å². The molecule has 0 aromatic rings. The van der Waals surface area contributed by atoms with Gasteiger partial charge in [0.25, 0.3) is 0 Å². The van der Waals surface area contributed by atoms with Crippen LogP contribution in [0.3, 0.4) is 0 Å². The zero-order valence-electron chi connectivity index (χ0n) is 11.7. The highest BCUT2D eigenvalue weighted by Crippen LogP contribution is 2.09. The molecule has 0 aliphatic heterocycles. The summed E-state index contributed by atoms with van der Waals surface area (Å²) in [4.78, 5) is 11.7. The van der Waals surface area contributed by atoms with Gasteiger partial charge in [0.2, 0.25) is 0 Å². The molecule has 102 valence electrons. The van der Waals surface area contributed by atoms with Crippen molar-refractivity contribution in [3.63, 3.8) is 0 Å². The van der Waals surface area contributed by atoms with Crippen molar-refractivity contribution >= 4 is 15.4 Å². The van der Waals surface area contributed by atoms with E-state index in [0.717, 1.165) is 12.8 Å². The lowest BCUT2D eigenvalue weighted by Gasteiger charge is -2.26. The molecule has 0 bridgehead atoms. The van der Waals surface area contributed by atoms with E-state index in [9.17, 15) is 4.79 Å². The summed E-state index contributed by atoms with van der Waals surface area (Å²) in [5.74, 6) is 0. The van der Waals surface area contributed by atoms with Gasteiger partial charge in [0.05, 0.1) is 5.67 Å². The Bertz CT molecular complexity index is 226. The predicted molar refractivity (Wildman–Crippen MR) is 69.2 cm³/mol. The standard InChI is InChI=1S/C11H25NO4Si/c1-7-8-9(17(14-5)15-6)12-10(13)16-11(2,3)4/h9,17H,7-8H2,1-6H3,(H,12,13). The van der Waals surface area contributed by atoms with Crippen LogP contribution in [0.25, 0.3) is 0 Å². The lowest BCUT2D eigenvalue weighted by atomic mass is 10.2. The van der Waals surface area contributed by atoms with Crippen LogP contribution in [-0.2, 0) is 13.6 Å². The Morgan fingerprint density at radius 1 is 1.29 bits per heavy atom. The molecular formula is C11H25NO4Si. The summed E-state index contributed by atoms with van der Waals surface area (Å²) in [5, 5.41) is 2.83. The molecule has 0 saturated carbocycles. The van der Waals surface area contributed by atoms with Gasteiger partial charge in [0.1, 0.15) is 5.60 Å². The normalized spacial score (nSPS) is 13.6. The molecule has 0 aromatic carbocycles. The molecule has 1 atom stereocenters. The molecule has 1 N–H and O–H groups in total. The van der Waals surface area contributed by atoms with Crippen LogP contribution in [0.1, 0.15) is 40.5 Å². The van der Waals surface area contributed by atoms with Gasteiger partial charge in [-0.2, -0.15) is 0 Å². The minimum Gasteiger partial charge on any atom is -0.444 e. The number of rotatable bonds is 6. The van der Waals surface area contributed by atoms with Gasteiger partial charge in [-0.25, -0.2) is 4.79 Å². The summed E-state index contributed by atoms with van der Waals surface area (Å²) in [6.07, 6.45) is 1.37. The first kappa shape index (κ1) is 16.4. The fourth-order valence-electron chi connectivity index (χ4n) is 1.47. The molecule has 6 heteroatoms. The topological polar surface area (TPSA) is 56.8 Å². The maximum Gasteiger partial charge on any atom is 0.407 e. The van der Waals surface area contributed by atoms with Crippen LogP contribution in [0.15, 0.2) is 0 Å². The van der Waals surface area contributed by atoms with E-state index in [1.165, 1.54) is 0 Å². The Hall–Kier alpha value is -0.593. The quantitative estimate of drug-likeness (QED) is 0.742. The third-order valence-electron chi connectivity index (χ3n) is 2.09. The zero-order chi connectivity index (χ0) is 13.5. The molecule has 0 spiro atoms. The molecule has 0 aliphatic carbocycles. The van der Waals surface area contributed by atoms with Gasteiger partial charge >= 0.3 is 15.4 Å². The number of nitrogens with one attached hydrogen (secondary N) is 1. The molecule has 1 amide bonds. The maximum atomic E-state index is 11.7. The summed E-state index contributed by atoms with van der Waals surface area (Å²) in [6.45, 7) is 7.56. The number of amides is 1. The molecule has 0 aromatic heterocycles. The van der Waals surface area contributed by atoms with E-state index in [-0.39, 0.29) is 5.67 Å². The van der Waals surface area contributed by atoms with Gasteiger partial charge in [0, 0.05) is 14.2 Å². The van der Waals surface area contributed by atoms with Gasteiger partial charge < -0.3 is 18.9 Å². The van der Waals surface area contributed by atoms with Gasteiger partial charge in [-0.1, -0.05) is 13.3 Å². The molecule has 0 saturated heterocycles. The van der Waals surface area contributed by atoms with Crippen LogP contribution in [0.2, 0.25) is 0 Å². The number of hydrogen-bond donors (Lipinski definition) is 1. The molecule has 0 aliphatic rings. The minimum atomic E-state index is -1.86. The van der Waals surface area contributed by atoms with Crippen molar-refractivity contribution in [1.29, 1.82) is 0 Å². The van der Waals surface area contributed by atoms with E-state index >= 15 is 0 Å². The highest BCUT2D eigenvalue weighted by molar-refractivity contribution is 6.46. The summed E-state index contributed by atoms with van der Waals surface area (Å²) in [7, 11) is 1.36. The van der Waals surface area contributed by atoms with Crippen LogP contribution in [0, 0.1) is 0 Å². The number of carbonyl (C=O) groups excluding carboxylic acids is 1. The van der Waals surface area contributed by atoms with Crippen LogP contribution >= 0.6 is 0 Å². The average Bonchev–Trinajstić information content (AvgIpc) is 2.16. The highest BCUT2D eigenvalue weighted by atomic mass is 28.3. The monoisotopic (exact) mass is 263 g/mol. The maximum absolute atomic E-state index is 11.7. The summed E-state index contributed by atoms with van der Waals surface area (Å²) >= 11 is 0. The lowest BCUT2D eigenvalue weighted by Crippen LogP contribution is -2.49. The summed E-state index contributed by atoms with van der Waals surface area (Å²) in [6, 6.07) is 0. The molecule has 17 heavy (non-hydrogen) atoms. The Morgan fingerprint density at radius 2 is 1.82 bits per heavy atom. The van der Waals surface area contributed by atoms with E-state index in [1.807, 2.05) is 20.8 Å². The third-order valence-corrected chi connectivity index (χ3v) is 4.18. The number of ether oxygens (including phenoxy) is 1. The van der Waals surface area contributed by atoms with Gasteiger partial charge in [0.15, 0.2) is 0 Å². The van der Waals surface area contributed by atoms with Crippen LogP contribution in [0.4, 0.5) is 4.79 Å². The predicted octanol–water partition coefficient (Wildman–Crippen LogP) is 1.73. The highest BCUT2D eigenvalue weighted by Gasteiger charge is 2.27. The third kappa shape index (κ3) is 7.35. The van der Waals surface area contributed by atoms with E-state index in [1.54, 1.807) is 14.2 Å². The Kier molecular flexibility index (Phi) is 7.41. The molecular weight excluding hydrogens is 238 g/mol. The SMILES string of the molecule is CCCC(NC(=O)OC(C)(C)C)[SiH](OC)OC. The molecule has 1 unspecified atom stereocenters. The van der Waals surface area contributed by atoms with E-state index in [4.69, 9.17) is 13.6 Å². The van der Waals surface area contributed by atoms with Crippen molar-refractivity contribution in [2.24, 2.45) is 0 Å². The van der Waals surface area contributed by atoms with Crippen LogP contribution < -0.4 is 5.32 Å². The Morgan fingerprint density at radius 3 is 2.18 bits per heavy atom. The molecule has 0 heterocycles. The largest absolute Gasteiger partial charge is 0.444 e. The van der Waals surface area contributed by atoms with Crippen molar-refractivity contribution in [3.05, 3.63) is 0 Å². The van der Waals surface area contributed by atoms with Gasteiger partial charge in [-0.05, 0) is 27.2 Å². The Labute approximate surface area is 106 Å². The molecule has 0 fully saturated rings. The Balaban J connectivity index is 4.38. The van der Waals surface area contributed by atoms with E-state index in [0.29, 0.717) is 0 Å². The van der Waals surface area contributed by atoms with Crippen molar-refractivity contribution in [3.8, 4) is 0 Å². The first-order valence-corrected chi connectivity index (χ1v) is 7.50. The second-order valence-electron chi connectivity index (χ2n) is 4.88. The van der Waals surface area contributed by atoms with Crippen LogP contribution in [0.5, 0.6) is 0 Å². The number of alkyl carbamates (subject to hydrolysis) is 1.